The average molecular weight is 581 g/mol. The summed E-state index contributed by atoms with van der Waals surface area (Å²) in [5, 5.41) is 26.7. The molecule has 1 heterocycles. The molecule has 3 rings (SSSR count). The van der Waals surface area contributed by atoms with Crippen molar-refractivity contribution in [3.63, 3.8) is 0 Å². The van der Waals surface area contributed by atoms with Gasteiger partial charge in [-0.3, -0.25) is 0 Å². The van der Waals surface area contributed by atoms with E-state index in [1.165, 1.54) is 0 Å². The highest BCUT2D eigenvalue weighted by Crippen LogP contribution is 2.39. The van der Waals surface area contributed by atoms with Gasteiger partial charge >= 0.3 is 12.2 Å². The molecule has 2 amide bonds. The number of aliphatic hydroxyl groups excluding tert-OH is 1. The molecule has 1 aliphatic rings. The van der Waals surface area contributed by atoms with E-state index in [2.05, 4.69) is 46.7 Å². The number of benzene rings is 1. The molecular formula is C29H40F4N6O2. The molecule has 2 aromatic rings. The SMILES string of the molecule is CC/C=C(\C=C/CCN(C(=O)Nc1cc(F)cc(C(F)(F)F)c1)C1CCC(C(C)(C)C)CC1)C(O)Cc1nn[nH]n1. The van der Waals surface area contributed by atoms with E-state index in [9.17, 15) is 27.5 Å². The van der Waals surface area contributed by atoms with Crippen LogP contribution in [-0.2, 0) is 12.6 Å². The first-order valence-electron chi connectivity index (χ1n) is 14.0. The Kier molecular flexibility index (Phi) is 11.1. The summed E-state index contributed by atoms with van der Waals surface area (Å²) < 4.78 is 53.6. The number of amides is 2. The van der Waals surface area contributed by atoms with Crippen molar-refractivity contribution < 1.29 is 27.5 Å². The number of urea groups is 1. The minimum Gasteiger partial charge on any atom is -0.388 e. The van der Waals surface area contributed by atoms with Crippen molar-refractivity contribution in [3.05, 3.63) is 59.2 Å². The van der Waals surface area contributed by atoms with Crippen LogP contribution in [0, 0.1) is 17.2 Å². The number of H-pyrrole nitrogens is 1. The van der Waals surface area contributed by atoms with Gasteiger partial charge in [-0.1, -0.05) is 51.1 Å². The molecule has 226 valence electrons. The highest BCUT2D eigenvalue weighted by atomic mass is 19.4. The third-order valence-corrected chi connectivity index (χ3v) is 7.54. The Morgan fingerprint density at radius 1 is 1.20 bits per heavy atom. The fourth-order valence-electron chi connectivity index (χ4n) is 5.27. The maximum atomic E-state index is 14.0. The van der Waals surface area contributed by atoms with E-state index in [0.29, 0.717) is 42.8 Å². The predicted molar refractivity (Wildman–Crippen MR) is 148 cm³/mol. The first kappa shape index (κ1) is 32.2. The number of hydrogen-bond donors (Lipinski definition) is 3. The Labute approximate surface area is 238 Å². The van der Waals surface area contributed by atoms with E-state index >= 15 is 0 Å². The fourth-order valence-corrected chi connectivity index (χ4v) is 5.27. The number of alkyl halides is 3. The number of nitrogens with one attached hydrogen (secondary N) is 2. The lowest BCUT2D eigenvalue weighted by molar-refractivity contribution is -0.137. The third kappa shape index (κ3) is 9.65. The number of tetrazole rings is 1. The second kappa shape index (κ2) is 14.1. The summed E-state index contributed by atoms with van der Waals surface area (Å²) in [5.74, 6) is -0.193. The number of carbonyl (C=O) groups is 1. The van der Waals surface area contributed by atoms with Gasteiger partial charge in [-0.2, -0.15) is 18.4 Å². The number of allylic oxidation sites excluding steroid dienone is 1. The Morgan fingerprint density at radius 3 is 2.49 bits per heavy atom. The number of nitrogens with zero attached hydrogens (tertiary/aromatic N) is 4. The molecule has 3 N–H and O–H groups in total. The average Bonchev–Trinajstić information content (AvgIpc) is 3.39. The smallest absolute Gasteiger partial charge is 0.388 e. The maximum absolute atomic E-state index is 14.0. The molecule has 12 heteroatoms. The molecule has 8 nitrogen and oxygen atoms in total. The highest BCUT2D eigenvalue weighted by molar-refractivity contribution is 5.89. The van der Waals surface area contributed by atoms with Crippen molar-refractivity contribution in [2.45, 2.75) is 91.0 Å². The number of carbonyl (C=O) groups excluding carboxylic acids is 1. The van der Waals surface area contributed by atoms with Crippen molar-refractivity contribution in [1.82, 2.24) is 25.5 Å². The number of hydrogen-bond acceptors (Lipinski definition) is 5. The van der Waals surface area contributed by atoms with Gasteiger partial charge < -0.3 is 15.3 Å². The van der Waals surface area contributed by atoms with E-state index < -0.39 is 29.7 Å². The normalized spacial score (nSPS) is 19.4. The van der Waals surface area contributed by atoms with Crippen molar-refractivity contribution in [2.24, 2.45) is 11.3 Å². The number of aromatic nitrogens is 4. The summed E-state index contributed by atoms with van der Waals surface area (Å²) in [4.78, 5) is 15.0. The second-order valence-corrected chi connectivity index (χ2v) is 11.6. The number of rotatable bonds is 10. The summed E-state index contributed by atoms with van der Waals surface area (Å²) in [6, 6.07) is 1.35. The van der Waals surface area contributed by atoms with Crippen LogP contribution in [0.2, 0.25) is 0 Å². The lowest BCUT2D eigenvalue weighted by Gasteiger charge is -2.41. The number of halogens is 4. The quantitative estimate of drug-likeness (QED) is 0.215. The molecule has 0 saturated heterocycles. The van der Waals surface area contributed by atoms with Crippen LogP contribution in [0.1, 0.15) is 77.6 Å². The summed E-state index contributed by atoms with van der Waals surface area (Å²) >= 11 is 0. The molecule has 1 aromatic heterocycles. The maximum Gasteiger partial charge on any atom is 0.416 e. The topological polar surface area (TPSA) is 107 Å². The number of anilines is 1. The van der Waals surface area contributed by atoms with Crippen LogP contribution < -0.4 is 5.32 Å². The highest BCUT2D eigenvalue weighted by Gasteiger charge is 2.34. The molecule has 0 bridgehead atoms. The van der Waals surface area contributed by atoms with Crippen LogP contribution in [0.5, 0.6) is 0 Å². The molecule has 0 aliphatic heterocycles. The van der Waals surface area contributed by atoms with Gasteiger partial charge in [0.25, 0.3) is 0 Å². The van der Waals surface area contributed by atoms with Crippen LogP contribution in [0.3, 0.4) is 0 Å². The van der Waals surface area contributed by atoms with Gasteiger partial charge in [-0.15, -0.1) is 10.2 Å². The molecule has 1 unspecified atom stereocenters. The molecule has 41 heavy (non-hydrogen) atoms. The monoisotopic (exact) mass is 580 g/mol. The zero-order valence-corrected chi connectivity index (χ0v) is 24.0. The Morgan fingerprint density at radius 2 is 1.90 bits per heavy atom. The van der Waals surface area contributed by atoms with Gasteiger partial charge in [-0.05, 0) is 73.6 Å². The van der Waals surface area contributed by atoms with Gasteiger partial charge in [0.2, 0.25) is 0 Å². The molecular weight excluding hydrogens is 540 g/mol. The lowest BCUT2D eigenvalue weighted by Crippen LogP contribution is -2.46. The van der Waals surface area contributed by atoms with E-state index in [4.69, 9.17) is 0 Å². The molecule has 1 aromatic carbocycles. The van der Waals surface area contributed by atoms with Crippen molar-refractivity contribution in [1.29, 1.82) is 0 Å². The molecule has 0 spiro atoms. The van der Waals surface area contributed by atoms with E-state index in [0.717, 1.165) is 37.8 Å². The first-order valence-corrected chi connectivity index (χ1v) is 14.0. The van der Waals surface area contributed by atoms with Gasteiger partial charge in [0, 0.05) is 24.7 Å². The summed E-state index contributed by atoms with van der Waals surface area (Å²) in [6.45, 7) is 8.85. The van der Waals surface area contributed by atoms with E-state index in [1.807, 2.05) is 19.1 Å². The summed E-state index contributed by atoms with van der Waals surface area (Å²) in [6.07, 6.45) is 4.67. The predicted octanol–water partition coefficient (Wildman–Crippen LogP) is 6.68. The fraction of sp³-hybridized carbons (Fsp3) is 0.586. The van der Waals surface area contributed by atoms with Gasteiger partial charge in [0.05, 0.1) is 11.7 Å². The molecule has 1 fully saturated rings. The zero-order chi connectivity index (χ0) is 30.2. The molecule has 1 saturated carbocycles. The van der Waals surface area contributed by atoms with Gasteiger partial charge in [0.1, 0.15) is 5.82 Å². The minimum absolute atomic E-state index is 0.105. The zero-order valence-electron chi connectivity index (χ0n) is 24.0. The van der Waals surface area contributed by atoms with E-state index in [1.54, 1.807) is 11.0 Å². The minimum atomic E-state index is -4.74. The van der Waals surface area contributed by atoms with Gasteiger partial charge in [-0.25, -0.2) is 9.18 Å². The van der Waals surface area contributed by atoms with Crippen LogP contribution in [-0.4, -0.2) is 55.4 Å². The van der Waals surface area contributed by atoms with Crippen molar-refractivity contribution in [3.8, 4) is 0 Å². The van der Waals surface area contributed by atoms with Crippen LogP contribution in [0.25, 0.3) is 0 Å². The second-order valence-electron chi connectivity index (χ2n) is 11.6. The lowest BCUT2D eigenvalue weighted by atomic mass is 9.71. The summed E-state index contributed by atoms with van der Waals surface area (Å²) in [7, 11) is 0. The molecule has 0 radical (unpaired) electrons. The van der Waals surface area contributed by atoms with Crippen molar-refractivity contribution in [2.75, 3.05) is 11.9 Å². The summed E-state index contributed by atoms with van der Waals surface area (Å²) in [5.41, 5.74) is -0.592. The van der Waals surface area contributed by atoms with Crippen molar-refractivity contribution >= 4 is 11.7 Å². The van der Waals surface area contributed by atoms with Gasteiger partial charge in [0.15, 0.2) is 5.82 Å². The Balaban J connectivity index is 1.73. The molecule has 1 aliphatic carbocycles. The number of aromatic amines is 1. The van der Waals surface area contributed by atoms with Crippen LogP contribution in [0.4, 0.5) is 28.0 Å². The van der Waals surface area contributed by atoms with E-state index in [-0.39, 0.29) is 23.6 Å². The van der Waals surface area contributed by atoms with Crippen LogP contribution in [0.15, 0.2) is 42.0 Å². The Bertz CT molecular complexity index is 1180. The first-order chi connectivity index (χ1) is 19.3. The number of aliphatic hydroxyl groups is 1. The largest absolute Gasteiger partial charge is 0.416 e. The third-order valence-electron chi connectivity index (χ3n) is 7.54. The Hall–Kier alpha value is -3.28. The standard InChI is InChI=1S/C29H40F4N6O2/c1-5-8-19(25(40)18-26-35-37-38-36-26)9-6-7-14-39(24-12-10-20(11-13-24)28(2,3)4)27(41)34-23-16-21(29(31,32)33)15-22(30)17-23/h6,8-9,15-17,20,24-25,40H,5,7,10-14,18H2,1-4H3,(H,34,41)(H,35,36,37,38)/b9-6-,19-8+. The van der Waals surface area contributed by atoms with Crippen LogP contribution >= 0.6 is 0 Å². The molecule has 1 atom stereocenters.